The third-order valence-corrected chi connectivity index (χ3v) is 16.0. The zero-order valence-electron chi connectivity index (χ0n) is 37.7. The highest BCUT2D eigenvalue weighted by atomic mass is 16.7. The van der Waals surface area contributed by atoms with Crippen molar-refractivity contribution in [1.82, 2.24) is 4.90 Å². The lowest BCUT2D eigenvalue weighted by Gasteiger charge is -2.41. The van der Waals surface area contributed by atoms with Gasteiger partial charge in [0.05, 0.1) is 17.2 Å². The summed E-state index contributed by atoms with van der Waals surface area (Å²) in [4.78, 5) is 2.67. The van der Waals surface area contributed by atoms with Crippen LogP contribution >= 0.6 is 0 Å². The van der Waals surface area contributed by atoms with Crippen molar-refractivity contribution in [3.05, 3.63) is 190 Å². The Kier molecular flexibility index (Phi) is 9.96. The lowest BCUT2D eigenvalue weighted by atomic mass is 9.68. The fraction of sp³-hybridized carbons (Fsp3) is 0.404. The van der Waals surface area contributed by atoms with Gasteiger partial charge in [-0.1, -0.05) is 155 Å². The Morgan fingerprint density at radius 3 is 2.25 bits per heavy atom. The van der Waals surface area contributed by atoms with E-state index < -0.39 is 18.3 Å². The highest BCUT2D eigenvalue weighted by Gasteiger charge is 2.53. The zero-order valence-corrected chi connectivity index (χ0v) is 37.7. The maximum Gasteiger partial charge on any atom is 0.490 e. The van der Waals surface area contributed by atoms with Crippen molar-refractivity contribution in [3.63, 3.8) is 0 Å². The number of hydrogen-bond acceptors (Lipinski definition) is 3. The minimum Gasteiger partial charge on any atom is -0.400 e. The predicted octanol–water partition coefficient (Wildman–Crippen LogP) is 13.9. The van der Waals surface area contributed by atoms with Crippen LogP contribution in [-0.4, -0.2) is 29.3 Å². The van der Waals surface area contributed by atoms with Crippen LogP contribution in [0.3, 0.4) is 0 Å². The molecule has 0 radical (unpaired) electrons. The van der Waals surface area contributed by atoms with Gasteiger partial charge >= 0.3 is 7.12 Å². The average molecular weight is 806 g/mol. The topological polar surface area (TPSA) is 21.7 Å². The molecule has 7 aliphatic rings. The van der Waals surface area contributed by atoms with Gasteiger partial charge in [-0.15, -0.1) is 0 Å². The lowest BCUT2D eigenvalue weighted by molar-refractivity contribution is 0.00578. The van der Waals surface area contributed by atoms with Crippen LogP contribution in [0.4, 0.5) is 0 Å². The molecule has 61 heavy (non-hydrogen) atoms. The third kappa shape index (κ3) is 6.88. The fourth-order valence-corrected chi connectivity index (χ4v) is 11.7. The maximum absolute atomic E-state index is 6.94. The molecule has 0 bridgehead atoms. The number of nitrogens with zero attached hydrogens (tertiary/aromatic N) is 1. The number of benzene rings is 3. The number of allylic oxidation sites excluding steroid dienone is 12. The maximum atomic E-state index is 6.94. The number of hydrogen-bond donors (Lipinski definition) is 0. The van der Waals surface area contributed by atoms with Crippen LogP contribution in [0, 0.1) is 11.8 Å². The van der Waals surface area contributed by atoms with E-state index in [1.165, 1.54) is 61.4 Å². The van der Waals surface area contributed by atoms with Crippen LogP contribution in [0.2, 0.25) is 0 Å². The molecule has 1 fully saturated rings. The van der Waals surface area contributed by atoms with Gasteiger partial charge < -0.3 is 14.2 Å². The van der Waals surface area contributed by atoms with Crippen molar-refractivity contribution in [2.24, 2.45) is 11.8 Å². The summed E-state index contributed by atoms with van der Waals surface area (Å²) in [6, 6.07) is 25.7. The van der Waals surface area contributed by atoms with E-state index in [9.17, 15) is 0 Å². The molecule has 312 valence electrons. The van der Waals surface area contributed by atoms with E-state index in [2.05, 4.69) is 200 Å². The Morgan fingerprint density at radius 2 is 1.49 bits per heavy atom. The highest BCUT2D eigenvalue weighted by Crippen LogP contribution is 2.55. The van der Waals surface area contributed by atoms with Crippen molar-refractivity contribution < 1.29 is 9.31 Å². The van der Waals surface area contributed by atoms with Crippen LogP contribution in [0.25, 0.3) is 11.1 Å². The molecule has 0 aromatic heterocycles. The van der Waals surface area contributed by atoms with Gasteiger partial charge in [-0.3, -0.25) is 0 Å². The molecule has 0 N–H and O–H groups in total. The zero-order chi connectivity index (χ0) is 42.3. The molecule has 0 saturated carbocycles. The molecule has 5 atom stereocenters. The van der Waals surface area contributed by atoms with E-state index in [-0.39, 0.29) is 22.8 Å². The average Bonchev–Trinajstić information content (AvgIpc) is 3.74. The van der Waals surface area contributed by atoms with Crippen LogP contribution in [0.15, 0.2) is 162 Å². The Morgan fingerprint density at radius 1 is 0.738 bits per heavy atom. The van der Waals surface area contributed by atoms with Crippen LogP contribution in [0.5, 0.6) is 0 Å². The van der Waals surface area contributed by atoms with Gasteiger partial charge in [0.15, 0.2) is 0 Å². The molecule has 3 aromatic rings. The van der Waals surface area contributed by atoms with Gasteiger partial charge in [-0.25, -0.2) is 0 Å². The van der Waals surface area contributed by atoms with E-state index in [0.717, 1.165) is 38.5 Å². The summed E-state index contributed by atoms with van der Waals surface area (Å²) in [6.45, 7) is 18.4. The molecule has 5 unspecified atom stereocenters. The first kappa shape index (κ1) is 40.4. The molecule has 1 saturated heterocycles. The molecule has 1 heterocycles. The van der Waals surface area contributed by atoms with Gasteiger partial charge in [-0.2, -0.15) is 0 Å². The summed E-state index contributed by atoms with van der Waals surface area (Å²) in [5.41, 5.74) is 14.2. The van der Waals surface area contributed by atoms with Gasteiger partial charge in [0.1, 0.15) is 0 Å². The van der Waals surface area contributed by atoms with Crippen molar-refractivity contribution in [2.45, 2.75) is 134 Å². The van der Waals surface area contributed by atoms with E-state index >= 15 is 0 Å². The summed E-state index contributed by atoms with van der Waals surface area (Å²) in [5, 5.41) is 0. The quantitative estimate of drug-likeness (QED) is 0.201. The smallest absolute Gasteiger partial charge is 0.400 e. The molecule has 3 nitrogen and oxygen atoms in total. The monoisotopic (exact) mass is 806 g/mol. The van der Waals surface area contributed by atoms with Crippen molar-refractivity contribution in [3.8, 4) is 11.1 Å². The van der Waals surface area contributed by atoms with Crippen molar-refractivity contribution in [2.75, 3.05) is 0 Å². The summed E-state index contributed by atoms with van der Waals surface area (Å²) in [5.74, 6) is 1.49. The largest absolute Gasteiger partial charge is 0.490 e. The minimum atomic E-state index is -0.433. The third-order valence-electron chi connectivity index (χ3n) is 16.0. The molecule has 6 aliphatic carbocycles. The molecule has 3 aromatic carbocycles. The Bertz CT molecular complexity index is 2480. The van der Waals surface area contributed by atoms with E-state index in [1.807, 2.05) is 0 Å². The first-order chi connectivity index (χ1) is 29.2. The van der Waals surface area contributed by atoms with E-state index in [4.69, 9.17) is 9.31 Å². The lowest BCUT2D eigenvalue weighted by Crippen LogP contribution is -2.41. The number of fused-ring (bicyclic) bond motifs is 6. The molecule has 0 spiro atoms. The molecule has 4 heteroatoms. The van der Waals surface area contributed by atoms with Gasteiger partial charge in [-0.05, 0) is 146 Å². The first-order valence-electron chi connectivity index (χ1n) is 23.2. The fourth-order valence-electron chi connectivity index (χ4n) is 11.7. The highest BCUT2D eigenvalue weighted by molar-refractivity contribution is 6.54. The minimum absolute atomic E-state index is 0.0237. The van der Waals surface area contributed by atoms with Crippen molar-refractivity contribution in [1.29, 1.82) is 0 Å². The van der Waals surface area contributed by atoms with Crippen LogP contribution < -0.4 is 0 Å². The summed E-state index contributed by atoms with van der Waals surface area (Å²) >= 11 is 0. The van der Waals surface area contributed by atoms with Gasteiger partial charge in [0.2, 0.25) is 0 Å². The second-order valence-electron chi connectivity index (χ2n) is 20.9. The van der Waals surface area contributed by atoms with E-state index in [1.54, 1.807) is 0 Å². The standard InChI is InChI=1S/C57H64BNO2/c1-54(2)50-25-17-15-23-46(50)48-31-28-39(35-52(48)54)45(30-27-38-19-11-9-12-20-38)40-33-41(58-60-56(5,6)57(7,8)61-58)36-44(34-40)59(42-21-13-10-14-22-42)43-29-32-49-47-24-16-18-26-51(47)55(3,4)53(49)37-43/h9,11-13,15-19,21-26,28-29,31-35,37-38,44-45,49,53H,10,14,20,27,30,36H2,1-8H3. The molecular formula is C57H64BNO2. The summed E-state index contributed by atoms with van der Waals surface area (Å²) in [7, 11) is -0.419. The SMILES string of the molecule is CC1(C)c2ccccc2-c2ccc(C(CCC3C=CC=CC3)C3=CC(N(C4=CCCC=C4)C4=CC5C(C=C4)c4ccccc4C5(C)C)CC(B4OC(C)(C)C(C)(C)O4)=C3)cc21. The number of rotatable bonds is 9. The van der Waals surface area contributed by atoms with E-state index in [0.29, 0.717) is 17.8 Å². The summed E-state index contributed by atoms with van der Waals surface area (Å²) in [6.07, 6.45) is 35.3. The van der Waals surface area contributed by atoms with Gasteiger partial charge in [0, 0.05) is 28.6 Å². The Labute approximate surface area is 366 Å². The predicted molar refractivity (Wildman–Crippen MR) is 254 cm³/mol. The molecular weight excluding hydrogens is 741 g/mol. The Balaban J connectivity index is 1.11. The molecule has 10 rings (SSSR count). The molecule has 1 aliphatic heterocycles. The second-order valence-corrected chi connectivity index (χ2v) is 20.9. The summed E-state index contributed by atoms with van der Waals surface area (Å²) < 4.78 is 13.9. The van der Waals surface area contributed by atoms with Gasteiger partial charge in [0.25, 0.3) is 0 Å². The van der Waals surface area contributed by atoms with Crippen LogP contribution in [-0.2, 0) is 20.1 Å². The van der Waals surface area contributed by atoms with Crippen LogP contribution in [0.1, 0.15) is 134 Å². The first-order valence-corrected chi connectivity index (χ1v) is 23.2. The molecule has 0 amide bonds. The Hall–Kier alpha value is -4.64. The van der Waals surface area contributed by atoms with Crippen molar-refractivity contribution >= 4 is 7.12 Å². The second kappa shape index (κ2) is 15.0. The normalized spacial score (nSPS) is 27.3.